The van der Waals surface area contributed by atoms with Gasteiger partial charge in [0.15, 0.2) is 0 Å². The highest BCUT2D eigenvalue weighted by atomic mass is 32.2. The Labute approximate surface area is 119 Å². The Balaban J connectivity index is 2.76. The van der Waals surface area contributed by atoms with Crippen LogP contribution in [0.5, 0.6) is 0 Å². The fourth-order valence-corrected chi connectivity index (χ4v) is 3.27. The maximum Gasteiger partial charge on any atom is 0.246 e. The minimum Gasteiger partial charge on any atom is -0.355 e. The highest BCUT2D eigenvalue weighted by Crippen LogP contribution is 2.20. The first-order chi connectivity index (χ1) is 9.30. The molecule has 0 bridgehead atoms. The summed E-state index contributed by atoms with van der Waals surface area (Å²) in [6.45, 7) is 5.64. The van der Waals surface area contributed by atoms with Crippen molar-refractivity contribution in [1.82, 2.24) is 19.8 Å². The van der Waals surface area contributed by atoms with Gasteiger partial charge < -0.3 is 5.32 Å². The monoisotopic (exact) mass is 302 g/mol. The van der Waals surface area contributed by atoms with Crippen molar-refractivity contribution >= 4 is 15.9 Å². The van der Waals surface area contributed by atoms with Gasteiger partial charge in [-0.05, 0) is 20.3 Å². The van der Waals surface area contributed by atoms with E-state index in [4.69, 9.17) is 0 Å². The molecule has 0 saturated heterocycles. The standard InChI is InChI=1S/C12H22N4O3S/c1-5-6-7-13-11(17)8-16(4)20(18,19)12-9(2)14-15-10(12)3/h5-8H2,1-4H3,(H,13,17)(H,14,15). The molecule has 0 aliphatic heterocycles. The Hall–Kier alpha value is -1.41. The van der Waals surface area contributed by atoms with Crippen LogP contribution in [0.15, 0.2) is 4.90 Å². The van der Waals surface area contributed by atoms with Gasteiger partial charge in [0.2, 0.25) is 15.9 Å². The Morgan fingerprint density at radius 2 is 2.05 bits per heavy atom. The molecule has 0 fully saturated rings. The fraction of sp³-hybridized carbons (Fsp3) is 0.667. The highest BCUT2D eigenvalue weighted by molar-refractivity contribution is 7.89. The average molecular weight is 302 g/mol. The summed E-state index contributed by atoms with van der Waals surface area (Å²) in [5.41, 5.74) is 0.876. The molecule has 0 unspecified atom stereocenters. The van der Waals surface area contributed by atoms with Crippen molar-refractivity contribution in [2.45, 2.75) is 38.5 Å². The first-order valence-corrected chi connectivity index (χ1v) is 7.99. The number of aryl methyl sites for hydroxylation is 2. The number of carbonyl (C=O) groups excluding carboxylic acids is 1. The van der Waals surface area contributed by atoms with Crippen LogP contribution in [0.4, 0.5) is 0 Å². The van der Waals surface area contributed by atoms with Gasteiger partial charge in [-0.15, -0.1) is 0 Å². The Morgan fingerprint density at radius 3 is 2.55 bits per heavy atom. The number of amides is 1. The summed E-state index contributed by atoms with van der Waals surface area (Å²) in [5.74, 6) is -0.302. The molecule has 8 heteroatoms. The first-order valence-electron chi connectivity index (χ1n) is 6.55. The first kappa shape index (κ1) is 16.6. The van der Waals surface area contributed by atoms with Crippen LogP contribution in [0.1, 0.15) is 31.2 Å². The molecular weight excluding hydrogens is 280 g/mol. The zero-order valence-electron chi connectivity index (χ0n) is 12.4. The average Bonchev–Trinajstić information content (AvgIpc) is 2.69. The van der Waals surface area contributed by atoms with E-state index in [0.29, 0.717) is 17.9 Å². The summed E-state index contributed by atoms with van der Waals surface area (Å²) in [6, 6.07) is 0. The summed E-state index contributed by atoms with van der Waals surface area (Å²) >= 11 is 0. The number of aromatic nitrogens is 2. The molecule has 1 aromatic heterocycles. The lowest BCUT2D eigenvalue weighted by molar-refractivity contribution is -0.121. The minimum absolute atomic E-state index is 0.140. The van der Waals surface area contributed by atoms with E-state index in [2.05, 4.69) is 15.5 Å². The van der Waals surface area contributed by atoms with Gasteiger partial charge in [0.05, 0.1) is 17.9 Å². The van der Waals surface area contributed by atoms with Crippen molar-refractivity contribution in [2.75, 3.05) is 20.1 Å². The number of hydrogen-bond acceptors (Lipinski definition) is 4. The van der Waals surface area contributed by atoms with Crippen LogP contribution in [-0.2, 0) is 14.8 Å². The van der Waals surface area contributed by atoms with E-state index in [9.17, 15) is 13.2 Å². The SMILES string of the molecule is CCCCNC(=O)CN(C)S(=O)(=O)c1c(C)n[nH]c1C. The number of hydrogen-bond donors (Lipinski definition) is 2. The van der Waals surface area contributed by atoms with Crippen LogP contribution >= 0.6 is 0 Å². The zero-order chi connectivity index (χ0) is 15.3. The summed E-state index contributed by atoms with van der Waals surface area (Å²) in [5, 5.41) is 9.20. The van der Waals surface area contributed by atoms with Crippen molar-refractivity contribution in [1.29, 1.82) is 0 Å². The lowest BCUT2D eigenvalue weighted by Gasteiger charge is -2.17. The number of sulfonamides is 1. The number of rotatable bonds is 7. The second-order valence-electron chi connectivity index (χ2n) is 4.73. The molecule has 7 nitrogen and oxygen atoms in total. The van der Waals surface area contributed by atoms with Crippen molar-refractivity contribution in [3.8, 4) is 0 Å². The topological polar surface area (TPSA) is 95.2 Å². The minimum atomic E-state index is -3.70. The van der Waals surface area contributed by atoms with Crippen LogP contribution < -0.4 is 5.32 Å². The number of carbonyl (C=O) groups is 1. The van der Waals surface area contributed by atoms with Crippen molar-refractivity contribution in [3.63, 3.8) is 0 Å². The van der Waals surface area contributed by atoms with Gasteiger partial charge in [-0.1, -0.05) is 13.3 Å². The predicted octanol–water partition coefficient (Wildman–Crippen LogP) is 0.563. The molecule has 2 N–H and O–H groups in total. The number of aromatic amines is 1. The van der Waals surface area contributed by atoms with Gasteiger partial charge in [-0.25, -0.2) is 8.42 Å². The highest BCUT2D eigenvalue weighted by Gasteiger charge is 2.28. The van der Waals surface area contributed by atoms with E-state index >= 15 is 0 Å². The predicted molar refractivity (Wildman–Crippen MR) is 75.8 cm³/mol. The lowest BCUT2D eigenvalue weighted by Crippen LogP contribution is -2.38. The molecule has 0 atom stereocenters. The third-order valence-electron chi connectivity index (χ3n) is 2.95. The molecule has 114 valence electrons. The third kappa shape index (κ3) is 3.80. The number of nitrogens with zero attached hydrogens (tertiary/aromatic N) is 2. The van der Waals surface area contributed by atoms with Crippen LogP contribution in [0, 0.1) is 13.8 Å². The molecule has 20 heavy (non-hydrogen) atoms. The molecular formula is C12H22N4O3S. The number of likely N-dealkylation sites (N-methyl/N-ethyl adjacent to an activating group) is 1. The maximum atomic E-state index is 12.4. The molecule has 0 aliphatic carbocycles. The van der Waals surface area contributed by atoms with Gasteiger partial charge >= 0.3 is 0 Å². The largest absolute Gasteiger partial charge is 0.355 e. The number of H-pyrrole nitrogens is 1. The van der Waals surface area contributed by atoms with Crippen LogP contribution in [0.2, 0.25) is 0 Å². The molecule has 0 aromatic carbocycles. The lowest BCUT2D eigenvalue weighted by atomic mass is 10.3. The van der Waals surface area contributed by atoms with Crippen molar-refractivity contribution < 1.29 is 13.2 Å². The normalized spacial score (nSPS) is 11.8. The zero-order valence-corrected chi connectivity index (χ0v) is 13.2. The molecule has 0 radical (unpaired) electrons. The fourth-order valence-electron chi connectivity index (χ4n) is 1.82. The Morgan fingerprint density at radius 1 is 1.40 bits per heavy atom. The summed E-state index contributed by atoms with van der Waals surface area (Å²) in [4.78, 5) is 11.8. The maximum absolute atomic E-state index is 12.4. The molecule has 0 aliphatic rings. The van der Waals surface area contributed by atoms with Crippen molar-refractivity contribution in [2.24, 2.45) is 0 Å². The quantitative estimate of drug-likeness (QED) is 0.720. The third-order valence-corrected chi connectivity index (χ3v) is 5.01. The smallest absolute Gasteiger partial charge is 0.246 e. The molecule has 1 rings (SSSR count). The molecule has 0 spiro atoms. The van der Waals surface area contributed by atoms with Crippen LogP contribution in [0.25, 0.3) is 0 Å². The van der Waals surface area contributed by atoms with Gasteiger partial charge in [-0.3, -0.25) is 9.89 Å². The van der Waals surface area contributed by atoms with E-state index in [1.165, 1.54) is 7.05 Å². The van der Waals surface area contributed by atoms with E-state index < -0.39 is 10.0 Å². The molecule has 1 aromatic rings. The summed E-state index contributed by atoms with van der Waals surface area (Å²) in [6.07, 6.45) is 1.85. The number of unbranched alkanes of at least 4 members (excludes halogenated alkanes) is 1. The van der Waals surface area contributed by atoms with Gasteiger partial charge in [0.1, 0.15) is 4.90 Å². The van der Waals surface area contributed by atoms with Gasteiger partial charge in [-0.2, -0.15) is 9.40 Å². The second-order valence-corrected chi connectivity index (χ2v) is 6.71. The summed E-state index contributed by atoms with van der Waals surface area (Å²) < 4.78 is 25.8. The Bertz CT molecular complexity index is 546. The number of nitrogens with one attached hydrogen (secondary N) is 2. The van der Waals surface area contributed by atoms with E-state index in [0.717, 1.165) is 17.1 Å². The summed E-state index contributed by atoms with van der Waals surface area (Å²) in [7, 11) is -2.31. The van der Waals surface area contributed by atoms with E-state index in [-0.39, 0.29) is 17.3 Å². The van der Waals surface area contributed by atoms with Crippen molar-refractivity contribution in [3.05, 3.63) is 11.4 Å². The molecule has 1 heterocycles. The Kier molecular flexibility index (Phi) is 5.70. The van der Waals surface area contributed by atoms with Gasteiger partial charge in [0, 0.05) is 13.6 Å². The van der Waals surface area contributed by atoms with Crippen LogP contribution in [-0.4, -0.2) is 49.0 Å². The molecule has 1 amide bonds. The second kappa shape index (κ2) is 6.85. The molecule has 0 saturated carbocycles. The van der Waals surface area contributed by atoms with E-state index in [1.807, 2.05) is 6.92 Å². The van der Waals surface area contributed by atoms with Crippen LogP contribution in [0.3, 0.4) is 0 Å². The van der Waals surface area contributed by atoms with Gasteiger partial charge in [0.25, 0.3) is 0 Å². The van der Waals surface area contributed by atoms with E-state index in [1.54, 1.807) is 13.8 Å².